The number of carbonyl (C=O) groups excluding carboxylic acids is 1. The number of amides is 1. The SMILES string of the molecule is COc1cccc(OC(C)c2nnc(SCC(=O)Nc3cccc(Cl)c3)n2C(C)C)c1. The van der Waals surface area contributed by atoms with Crippen molar-refractivity contribution in [1.82, 2.24) is 14.8 Å². The molecule has 3 rings (SSSR count). The van der Waals surface area contributed by atoms with Gasteiger partial charge in [0.1, 0.15) is 11.5 Å². The maximum absolute atomic E-state index is 12.4. The molecular weight excluding hydrogens is 436 g/mol. The summed E-state index contributed by atoms with van der Waals surface area (Å²) in [4.78, 5) is 12.4. The molecule has 9 heteroatoms. The van der Waals surface area contributed by atoms with Gasteiger partial charge in [-0.1, -0.05) is 35.5 Å². The summed E-state index contributed by atoms with van der Waals surface area (Å²) in [5, 5.41) is 12.7. The normalized spacial score (nSPS) is 11.9. The third-order valence-corrected chi connectivity index (χ3v) is 5.54. The molecule has 1 N–H and O–H groups in total. The monoisotopic (exact) mass is 460 g/mol. The molecule has 0 aliphatic carbocycles. The van der Waals surface area contributed by atoms with Crippen LogP contribution in [0, 0.1) is 0 Å². The number of halogens is 1. The second-order valence-electron chi connectivity index (χ2n) is 7.09. The van der Waals surface area contributed by atoms with Gasteiger partial charge in [0.05, 0.1) is 12.9 Å². The summed E-state index contributed by atoms with van der Waals surface area (Å²) in [6, 6.07) is 14.6. The predicted octanol–water partition coefficient (Wildman–Crippen LogP) is 5.39. The molecular formula is C22H25ClN4O3S. The van der Waals surface area contributed by atoms with E-state index in [2.05, 4.69) is 15.5 Å². The van der Waals surface area contributed by atoms with E-state index in [0.29, 0.717) is 27.4 Å². The van der Waals surface area contributed by atoms with Crippen LogP contribution in [0.15, 0.2) is 53.7 Å². The minimum absolute atomic E-state index is 0.0971. The average molecular weight is 461 g/mol. The first-order chi connectivity index (χ1) is 14.9. The van der Waals surface area contributed by atoms with Gasteiger partial charge in [0.2, 0.25) is 5.91 Å². The van der Waals surface area contributed by atoms with Gasteiger partial charge in [-0.3, -0.25) is 4.79 Å². The van der Waals surface area contributed by atoms with Crippen LogP contribution in [0.1, 0.15) is 38.7 Å². The van der Waals surface area contributed by atoms with E-state index in [4.69, 9.17) is 21.1 Å². The summed E-state index contributed by atoms with van der Waals surface area (Å²) in [6.07, 6.45) is -0.336. The zero-order valence-electron chi connectivity index (χ0n) is 17.8. The van der Waals surface area contributed by atoms with Crippen LogP contribution in [0.5, 0.6) is 11.5 Å². The number of carbonyl (C=O) groups is 1. The lowest BCUT2D eigenvalue weighted by Crippen LogP contribution is -2.16. The quantitative estimate of drug-likeness (QED) is 0.431. The van der Waals surface area contributed by atoms with E-state index in [1.807, 2.05) is 49.6 Å². The van der Waals surface area contributed by atoms with Crippen LogP contribution in [-0.2, 0) is 4.79 Å². The first kappa shape index (κ1) is 23.0. The number of benzene rings is 2. The van der Waals surface area contributed by atoms with E-state index >= 15 is 0 Å². The molecule has 0 saturated heterocycles. The molecule has 0 aliphatic rings. The Kier molecular flexibility index (Phi) is 7.81. The van der Waals surface area contributed by atoms with Gasteiger partial charge in [-0.25, -0.2) is 0 Å². The van der Waals surface area contributed by atoms with Crippen LogP contribution in [0.25, 0.3) is 0 Å². The van der Waals surface area contributed by atoms with Crippen molar-refractivity contribution in [1.29, 1.82) is 0 Å². The lowest BCUT2D eigenvalue weighted by Gasteiger charge is -2.19. The van der Waals surface area contributed by atoms with Gasteiger partial charge >= 0.3 is 0 Å². The van der Waals surface area contributed by atoms with Crippen LogP contribution in [0.4, 0.5) is 5.69 Å². The number of rotatable bonds is 9. The Labute approximate surface area is 191 Å². The molecule has 2 aromatic carbocycles. The molecule has 3 aromatic rings. The molecule has 0 fully saturated rings. The molecule has 1 amide bonds. The van der Waals surface area contributed by atoms with Crippen molar-refractivity contribution in [2.45, 2.75) is 38.1 Å². The number of hydrogen-bond donors (Lipinski definition) is 1. The molecule has 7 nitrogen and oxygen atoms in total. The molecule has 31 heavy (non-hydrogen) atoms. The number of anilines is 1. The van der Waals surface area contributed by atoms with Gasteiger partial charge in [-0.15, -0.1) is 10.2 Å². The van der Waals surface area contributed by atoms with E-state index in [-0.39, 0.29) is 23.8 Å². The summed E-state index contributed by atoms with van der Waals surface area (Å²) in [7, 11) is 1.62. The second kappa shape index (κ2) is 10.5. The van der Waals surface area contributed by atoms with Crippen molar-refractivity contribution in [3.63, 3.8) is 0 Å². The van der Waals surface area contributed by atoms with Crippen LogP contribution >= 0.6 is 23.4 Å². The summed E-state index contributed by atoms with van der Waals surface area (Å²) in [6.45, 7) is 6.01. The lowest BCUT2D eigenvalue weighted by atomic mass is 10.3. The molecule has 0 bridgehead atoms. The zero-order chi connectivity index (χ0) is 22.4. The van der Waals surface area contributed by atoms with Crippen molar-refractivity contribution in [2.24, 2.45) is 0 Å². The second-order valence-corrected chi connectivity index (χ2v) is 8.47. The fourth-order valence-corrected chi connectivity index (χ4v) is 4.04. The van der Waals surface area contributed by atoms with Gasteiger partial charge in [-0.2, -0.15) is 0 Å². The molecule has 1 aromatic heterocycles. The Morgan fingerprint density at radius 3 is 2.58 bits per heavy atom. The molecule has 1 atom stereocenters. The van der Waals surface area contributed by atoms with Crippen LogP contribution in [0.3, 0.4) is 0 Å². The Morgan fingerprint density at radius 1 is 1.13 bits per heavy atom. The van der Waals surface area contributed by atoms with Crippen molar-refractivity contribution < 1.29 is 14.3 Å². The first-order valence-corrected chi connectivity index (χ1v) is 11.2. The van der Waals surface area contributed by atoms with Crippen LogP contribution in [0.2, 0.25) is 5.02 Å². The molecule has 0 spiro atoms. The Bertz CT molecular complexity index is 1040. The van der Waals surface area contributed by atoms with Gasteiger partial charge in [0, 0.05) is 22.8 Å². The van der Waals surface area contributed by atoms with Crippen LogP contribution in [-0.4, -0.2) is 33.5 Å². The van der Waals surface area contributed by atoms with Crippen LogP contribution < -0.4 is 14.8 Å². The maximum atomic E-state index is 12.4. The van der Waals surface area contributed by atoms with Gasteiger partial charge in [0.25, 0.3) is 0 Å². The van der Waals surface area contributed by atoms with E-state index in [1.54, 1.807) is 31.4 Å². The summed E-state index contributed by atoms with van der Waals surface area (Å²) in [5.41, 5.74) is 0.657. The number of nitrogens with one attached hydrogen (secondary N) is 1. The highest BCUT2D eigenvalue weighted by Gasteiger charge is 2.22. The minimum Gasteiger partial charge on any atom is -0.497 e. The number of ether oxygens (including phenoxy) is 2. The molecule has 0 saturated carbocycles. The predicted molar refractivity (Wildman–Crippen MR) is 123 cm³/mol. The third-order valence-electron chi connectivity index (χ3n) is 4.37. The smallest absolute Gasteiger partial charge is 0.234 e. The largest absolute Gasteiger partial charge is 0.497 e. The first-order valence-electron chi connectivity index (χ1n) is 9.81. The van der Waals surface area contributed by atoms with Gasteiger partial charge in [-0.05, 0) is 51.1 Å². The Hall–Kier alpha value is -2.71. The summed E-state index contributed by atoms with van der Waals surface area (Å²) < 4.78 is 13.3. The maximum Gasteiger partial charge on any atom is 0.234 e. The number of thioether (sulfide) groups is 1. The molecule has 1 heterocycles. The standard InChI is InChI=1S/C22H25ClN4O3S/c1-14(2)27-21(15(3)30-19-10-6-9-18(12-19)29-4)25-26-22(27)31-13-20(28)24-17-8-5-7-16(23)11-17/h5-12,14-15H,13H2,1-4H3,(H,24,28). The Morgan fingerprint density at radius 2 is 1.87 bits per heavy atom. The van der Waals surface area contributed by atoms with Crippen molar-refractivity contribution in [3.8, 4) is 11.5 Å². The zero-order valence-corrected chi connectivity index (χ0v) is 19.4. The highest BCUT2D eigenvalue weighted by Crippen LogP contribution is 2.29. The van der Waals surface area contributed by atoms with Gasteiger partial charge < -0.3 is 19.4 Å². The fraction of sp³-hybridized carbons (Fsp3) is 0.318. The summed E-state index contributed by atoms with van der Waals surface area (Å²) in [5.74, 6) is 2.14. The molecule has 0 radical (unpaired) electrons. The van der Waals surface area contributed by atoms with Gasteiger partial charge in [0.15, 0.2) is 17.1 Å². The number of methoxy groups -OCH3 is 1. The highest BCUT2D eigenvalue weighted by atomic mass is 35.5. The average Bonchev–Trinajstić information content (AvgIpc) is 3.17. The molecule has 164 valence electrons. The van der Waals surface area contributed by atoms with Crippen molar-refractivity contribution in [2.75, 3.05) is 18.2 Å². The number of hydrogen-bond acceptors (Lipinski definition) is 6. The van der Waals surface area contributed by atoms with E-state index in [9.17, 15) is 4.79 Å². The Balaban J connectivity index is 1.68. The van der Waals surface area contributed by atoms with E-state index in [1.165, 1.54) is 11.8 Å². The molecule has 1 unspecified atom stereocenters. The topological polar surface area (TPSA) is 78.3 Å². The van der Waals surface area contributed by atoms with Crippen molar-refractivity contribution >= 4 is 35.0 Å². The minimum atomic E-state index is -0.336. The number of aromatic nitrogens is 3. The van der Waals surface area contributed by atoms with E-state index < -0.39 is 0 Å². The fourth-order valence-electron chi connectivity index (χ4n) is 2.97. The highest BCUT2D eigenvalue weighted by molar-refractivity contribution is 7.99. The third kappa shape index (κ3) is 6.15. The number of nitrogens with zero attached hydrogens (tertiary/aromatic N) is 3. The van der Waals surface area contributed by atoms with E-state index in [0.717, 1.165) is 5.75 Å². The van der Waals surface area contributed by atoms with Crippen molar-refractivity contribution in [3.05, 3.63) is 59.4 Å². The lowest BCUT2D eigenvalue weighted by molar-refractivity contribution is -0.113. The summed E-state index contributed by atoms with van der Waals surface area (Å²) >= 11 is 7.29. The molecule has 0 aliphatic heterocycles.